The molecule has 3 heteroatoms. The maximum Gasteiger partial charge on any atom is 0.143 e. The van der Waals surface area contributed by atoms with Gasteiger partial charge in [-0.3, -0.25) is 0 Å². The van der Waals surface area contributed by atoms with E-state index < -0.39 is 0 Å². The Balaban J connectivity index is 1.06. The molecule has 3 nitrogen and oxygen atoms in total. The van der Waals surface area contributed by atoms with Crippen LogP contribution in [-0.2, 0) is 10.8 Å². The van der Waals surface area contributed by atoms with Crippen molar-refractivity contribution in [3.05, 3.63) is 192 Å². The molecule has 0 atom stereocenters. The predicted octanol–water partition coefficient (Wildman–Crippen LogP) is 16.8. The molecule has 0 amide bonds. The van der Waals surface area contributed by atoms with Crippen molar-refractivity contribution in [2.45, 2.75) is 64.2 Å². The Bertz CT molecular complexity index is 3590. The molecule has 10 aromatic rings. The fourth-order valence-corrected chi connectivity index (χ4v) is 14.3. The molecule has 0 saturated heterocycles. The molecule has 0 radical (unpaired) electrons. The maximum absolute atomic E-state index is 6.66. The first-order valence-corrected chi connectivity index (χ1v) is 24.0. The quantitative estimate of drug-likeness (QED) is 0.176. The Morgan fingerprint density at radius 1 is 0.523 bits per heavy atom. The summed E-state index contributed by atoms with van der Waals surface area (Å²) in [6.07, 6.45) is 5.12. The predicted molar refractivity (Wildman–Crippen MR) is 270 cm³/mol. The summed E-state index contributed by atoms with van der Waals surface area (Å²) in [7, 11) is 0. The SMILES string of the molecule is CC1(C)c2ccccc2-c2ccc(N(c3cccc(-c4cccc5c4oc4ccccc45)c3)c3ccc4c5c3c3ccccc3n5-c3ccccc3C43[C@H]4C[C@@H](C)C[C@@H]3C[C@@H](C)C4)cc21. The van der Waals surface area contributed by atoms with Gasteiger partial charge in [-0.15, -0.1) is 0 Å². The van der Waals surface area contributed by atoms with Crippen LogP contribution in [0.25, 0.3) is 71.7 Å². The van der Waals surface area contributed by atoms with Gasteiger partial charge in [0.2, 0.25) is 0 Å². The van der Waals surface area contributed by atoms with E-state index in [0.717, 1.165) is 50.6 Å². The van der Waals surface area contributed by atoms with Crippen molar-refractivity contribution in [3.8, 4) is 27.9 Å². The number of rotatable bonds is 4. The normalized spacial score (nSPS) is 22.4. The molecular formula is C62H52N2O. The van der Waals surface area contributed by atoms with Gasteiger partial charge in [0, 0.05) is 49.3 Å². The van der Waals surface area contributed by atoms with Crippen LogP contribution >= 0.6 is 0 Å². The highest BCUT2D eigenvalue weighted by Gasteiger charge is 2.57. The molecule has 4 aliphatic rings. The average Bonchev–Trinajstić information content (AvgIpc) is 3.95. The van der Waals surface area contributed by atoms with Crippen LogP contribution in [0.3, 0.4) is 0 Å². The van der Waals surface area contributed by atoms with Crippen molar-refractivity contribution in [2.24, 2.45) is 23.7 Å². The fourth-order valence-electron chi connectivity index (χ4n) is 14.3. The molecule has 2 aromatic heterocycles. The van der Waals surface area contributed by atoms with Gasteiger partial charge in [-0.1, -0.05) is 149 Å². The second kappa shape index (κ2) is 13.4. The molecular weight excluding hydrogens is 789 g/mol. The highest BCUT2D eigenvalue weighted by atomic mass is 16.3. The van der Waals surface area contributed by atoms with Gasteiger partial charge in [-0.2, -0.15) is 0 Å². The third-order valence-corrected chi connectivity index (χ3v) is 16.8. The zero-order valence-electron chi connectivity index (χ0n) is 37.6. The number of benzene rings is 8. The summed E-state index contributed by atoms with van der Waals surface area (Å²) >= 11 is 0. The first-order chi connectivity index (χ1) is 31.8. The zero-order valence-corrected chi connectivity index (χ0v) is 37.6. The van der Waals surface area contributed by atoms with Crippen LogP contribution in [-0.4, -0.2) is 4.57 Å². The molecule has 0 unspecified atom stereocenters. The number of hydrogen-bond donors (Lipinski definition) is 0. The fraction of sp³-hybridized carbons (Fsp3) is 0.226. The number of fused-ring (bicyclic) bond motifs is 11. The second-order valence-electron chi connectivity index (χ2n) is 20.7. The van der Waals surface area contributed by atoms with Crippen LogP contribution in [0.15, 0.2) is 174 Å². The van der Waals surface area contributed by atoms with Crippen LogP contribution < -0.4 is 4.90 Å². The van der Waals surface area contributed by atoms with Crippen molar-refractivity contribution in [1.29, 1.82) is 0 Å². The Kier molecular flexibility index (Phi) is 7.71. The minimum atomic E-state index is -0.147. The Morgan fingerprint density at radius 3 is 2.00 bits per heavy atom. The number of hydrogen-bond acceptors (Lipinski definition) is 2. The van der Waals surface area contributed by atoms with E-state index in [4.69, 9.17) is 4.42 Å². The molecule has 65 heavy (non-hydrogen) atoms. The molecule has 14 rings (SSSR count). The number of para-hydroxylation sites is 4. The molecule has 0 N–H and O–H groups in total. The maximum atomic E-state index is 6.66. The standard InChI is InChI=1S/C62H52N2O/c1-37-31-40-33-38(2)34-41(32-37)62(40)51-23-9-11-25-55(51)64-54-24-10-6-19-49(54)58-56(30-29-52(62)59(58)64)63(43-27-28-46-45-17-5-8-22-50(45)61(3,4)53(46)36-43)42-16-13-15-39(35-42)44-20-14-21-48-47-18-7-12-26-57(47)65-60(44)48/h5-30,35-38,40-41H,31-34H2,1-4H3/t37-,38+,40+,41-,62?. The van der Waals surface area contributed by atoms with Gasteiger partial charge in [0.15, 0.2) is 0 Å². The van der Waals surface area contributed by atoms with Crippen LogP contribution in [0.5, 0.6) is 0 Å². The largest absolute Gasteiger partial charge is 0.455 e. The zero-order chi connectivity index (χ0) is 43.3. The van der Waals surface area contributed by atoms with Gasteiger partial charge in [-0.05, 0) is 137 Å². The van der Waals surface area contributed by atoms with Crippen LogP contribution in [0.1, 0.15) is 75.6 Å². The first kappa shape index (κ1) is 37.5. The van der Waals surface area contributed by atoms with E-state index in [1.165, 1.54) is 92.4 Å². The van der Waals surface area contributed by atoms with E-state index in [0.29, 0.717) is 11.8 Å². The molecule has 3 heterocycles. The lowest BCUT2D eigenvalue weighted by Crippen LogP contribution is -2.53. The third-order valence-electron chi connectivity index (χ3n) is 16.8. The van der Waals surface area contributed by atoms with Crippen molar-refractivity contribution < 1.29 is 4.42 Å². The lowest BCUT2D eigenvalue weighted by Gasteiger charge is -2.59. The molecule has 2 fully saturated rings. The summed E-state index contributed by atoms with van der Waals surface area (Å²) in [6.45, 7) is 9.83. The van der Waals surface area contributed by atoms with Gasteiger partial charge in [0.25, 0.3) is 0 Å². The summed E-state index contributed by atoms with van der Waals surface area (Å²) in [4.78, 5) is 2.58. The van der Waals surface area contributed by atoms with E-state index in [1.807, 2.05) is 0 Å². The molecule has 2 saturated carbocycles. The smallest absolute Gasteiger partial charge is 0.143 e. The minimum absolute atomic E-state index is 0.0316. The topological polar surface area (TPSA) is 21.3 Å². The van der Waals surface area contributed by atoms with E-state index in [-0.39, 0.29) is 10.8 Å². The highest BCUT2D eigenvalue weighted by molar-refractivity contribution is 6.19. The monoisotopic (exact) mass is 840 g/mol. The number of furan rings is 1. The average molecular weight is 841 g/mol. The third kappa shape index (κ3) is 4.96. The molecule has 1 aliphatic heterocycles. The van der Waals surface area contributed by atoms with E-state index in [1.54, 1.807) is 5.56 Å². The lowest BCUT2D eigenvalue weighted by atomic mass is 9.46. The summed E-state index contributed by atoms with van der Waals surface area (Å²) in [6, 6.07) is 64.3. The lowest BCUT2D eigenvalue weighted by molar-refractivity contribution is 0.0271. The Labute approximate surface area is 381 Å². The van der Waals surface area contributed by atoms with Crippen LogP contribution in [0.2, 0.25) is 0 Å². The Morgan fingerprint density at radius 2 is 1.17 bits per heavy atom. The molecule has 8 aromatic carbocycles. The van der Waals surface area contributed by atoms with E-state index in [2.05, 4.69) is 207 Å². The van der Waals surface area contributed by atoms with Gasteiger partial charge in [-0.25, -0.2) is 0 Å². The summed E-state index contributed by atoms with van der Waals surface area (Å²) in [5.41, 5.74) is 19.9. The highest BCUT2D eigenvalue weighted by Crippen LogP contribution is 2.65. The second-order valence-corrected chi connectivity index (χ2v) is 20.7. The van der Waals surface area contributed by atoms with Crippen molar-refractivity contribution >= 4 is 60.8 Å². The number of nitrogens with zero attached hydrogens (tertiary/aromatic N) is 2. The van der Waals surface area contributed by atoms with Crippen molar-refractivity contribution in [3.63, 3.8) is 0 Å². The minimum Gasteiger partial charge on any atom is -0.455 e. The number of aromatic nitrogens is 1. The van der Waals surface area contributed by atoms with Crippen molar-refractivity contribution in [2.75, 3.05) is 4.90 Å². The van der Waals surface area contributed by atoms with E-state index in [9.17, 15) is 0 Å². The summed E-state index contributed by atoms with van der Waals surface area (Å²) in [5.74, 6) is 2.66. The molecule has 2 bridgehead atoms. The van der Waals surface area contributed by atoms with Gasteiger partial charge in [0.05, 0.1) is 22.4 Å². The number of anilines is 3. The summed E-state index contributed by atoms with van der Waals surface area (Å²) < 4.78 is 9.32. The Hall–Kier alpha value is -6.84. The molecule has 1 spiro atoms. The van der Waals surface area contributed by atoms with Gasteiger partial charge in [0.1, 0.15) is 11.2 Å². The van der Waals surface area contributed by atoms with Gasteiger partial charge < -0.3 is 13.9 Å². The molecule has 3 aliphatic carbocycles. The first-order valence-electron chi connectivity index (χ1n) is 24.0. The summed E-state index contributed by atoms with van der Waals surface area (Å²) in [5, 5.41) is 4.93. The van der Waals surface area contributed by atoms with Gasteiger partial charge >= 0.3 is 0 Å². The molecule has 316 valence electrons. The van der Waals surface area contributed by atoms with Crippen molar-refractivity contribution in [1.82, 2.24) is 4.57 Å². The van der Waals surface area contributed by atoms with Crippen LogP contribution in [0.4, 0.5) is 17.1 Å². The van der Waals surface area contributed by atoms with E-state index >= 15 is 0 Å². The van der Waals surface area contributed by atoms with Crippen LogP contribution in [0, 0.1) is 23.7 Å².